The molecule has 1 fully saturated rings. The van der Waals surface area contributed by atoms with Gasteiger partial charge in [-0.3, -0.25) is 4.79 Å². The normalized spacial score (nSPS) is 17.2. The molecule has 1 saturated carbocycles. The Kier molecular flexibility index (Phi) is 5.62. The van der Waals surface area contributed by atoms with Crippen LogP contribution in [-0.2, 0) is 11.2 Å². The van der Waals surface area contributed by atoms with Crippen LogP contribution in [0.15, 0.2) is 24.3 Å². The van der Waals surface area contributed by atoms with Gasteiger partial charge in [0.2, 0.25) is 5.91 Å². The summed E-state index contributed by atoms with van der Waals surface area (Å²) in [7, 11) is 0. The summed E-state index contributed by atoms with van der Waals surface area (Å²) in [6.07, 6.45) is 5.43. The van der Waals surface area contributed by atoms with Crippen LogP contribution in [0.25, 0.3) is 0 Å². The summed E-state index contributed by atoms with van der Waals surface area (Å²) in [5.74, 6) is 0.802. The number of ether oxygens (including phenoxy) is 1. The molecule has 4 nitrogen and oxygen atoms in total. The van der Waals surface area contributed by atoms with E-state index in [2.05, 4.69) is 5.32 Å². The summed E-state index contributed by atoms with van der Waals surface area (Å²) >= 11 is 0. The smallest absolute Gasteiger partial charge is 0.224 e. The lowest BCUT2D eigenvalue weighted by atomic mass is 9.82. The Balaban J connectivity index is 1.91. The molecule has 0 spiro atoms. The average molecular weight is 291 g/mol. The van der Waals surface area contributed by atoms with Crippen LogP contribution in [0.1, 0.15) is 44.6 Å². The molecule has 1 aliphatic carbocycles. The predicted octanol–water partition coefficient (Wildman–Crippen LogP) is 2.44. The number of nitrogens with one attached hydrogen (secondary N) is 1. The van der Waals surface area contributed by atoms with Gasteiger partial charge in [-0.15, -0.1) is 0 Å². The molecule has 1 amide bonds. The third-order valence-corrected chi connectivity index (χ3v) is 4.12. The SMILES string of the molecule is CCOc1ccc(CC(=O)NC2(CO)CCCCC2)cc1. The Bertz CT molecular complexity index is 450. The van der Waals surface area contributed by atoms with Crippen molar-refractivity contribution in [3.8, 4) is 5.75 Å². The van der Waals surface area contributed by atoms with Crippen LogP contribution in [0.4, 0.5) is 0 Å². The molecule has 0 heterocycles. The van der Waals surface area contributed by atoms with E-state index in [1.54, 1.807) is 0 Å². The van der Waals surface area contributed by atoms with E-state index in [1.807, 2.05) is 31.2 Å². The van der Waals surface area contributed by atoms with E-state index in [0.717, 1.165) is 37.0 Å². The van der Waals surface area contributed by atoms with Crippen molar-refractivity contribution >= 4 is 5.91 Å². The Hall–Kier alpha value is -1.55. The summed E-state index contributed by atoms with van der Waals surface area (Å²) in [6.45, 7) is 2.61. The van der Waals surface area contributed by atoms with E-state index in [0.29, 0.717) is 13.0 Å². The third kappa shape index (κ3) is 4.46. The second kappa shape index (κ2) is 7.46. The highest BCUT2D eigenvalue weighted by Gasteiger charge is 2.32. The maximum atomic E-state index is 12.2. The maximum absolute atomic E-state index is 12.2. The van der Waals surface area contributed by atoms with Gasteiger partial charge in [0.1, 0.15) is 5.75 Å². The Morgan fingerprint density at radius 2 is 1.90 bits per heavy atom. The molecule has 2 rings (SSSR count). The summed E-state index contributed by atoms with van der Waals surface area (Å²) in [6, 6.07) is 7.59. The molecule has 116 valence electrons. The van der Waals surface area contributed by atoms with Crippen molar-refractivity contribution in [2.24, 2.45) is 0 Å². The molecule has 1 aliphatic rings. The van der Waals surface area contributed by atoms with Gasteiger partial charge in [0, 0.05) is 0 Å². The van der Waals surface area contributed by atoms with Crippen molar-refractivity contribution in [2.45, 2.75) is 51.0 Å². The van der Waals surface area contributed by atoms with Crippen molar-refractivity contribution in [3.63, 3.8) is 0 Å². The van der Waals surface area contributed by atoms with Gasteiger partial charge in [-0.25, -0.2) is 0 Å². The molecule has 0 atom stereocenters. The van der Waals surface area contributed by atoms with Gasteiger partial charge in [-0.05, 0) is 37.5 Å². The minimum Gasteiger partial charge on any atom is -0.494 e. The average Bonchev–Trinajstić information content (AvgIpc) is 2.50. The molecule has 2 N–H and O–H groups in total. The Morgan fingerprint density at radius 1 is 1.24 bits per heavy atom. The van der Waals surface area contributed by atoms with Crippen LogP contribution in [0.3, 0.4) is 0 Å². The second-order valence-electron chi connectivity index (χ2n) is 5.80. The predicted molar refractivity (Wildman–Crippen MR) is 82.4 cm³/mol. The molecule has 21 heavy (non-hydrogen) atoms. The number of amides is 1. The van der Waals surface area contributed by atoms with Gasteiger partial charge in [0.15, 0.2) is 0 Å². The topological polar surface area (TPSA) is 58.6 Å². The maximum Gasteiger partial charge on any atom is 0.224 e. The van der Waals surface area contributed by atoms with E-state index >= 15 is 0 Å². The van der Waals surface area contributed by atoms with Gasteiger partial charge in [0.05, 0.1) is 25.2 Å². The molecule has 0 aromatic heterocycles. The number of rotatable bonds is 6. The van der Waals surface area contributed by atoms with Crippen LogP contribution in [0, 0.1) is 0 Å². The molecule has 0 radical (unpaired) electrons. The number of hydrogen-bond donors (Lipinski definition) is 2. The van der Waals surface area contributed by atoms with Crippen molar-refractivity contribution in [3.05, 3.63) is 29.8 Å². The van der Waals surface area contributed by atoms with E-state index in [9.17, 15) is 9.90 Å². The number of benzene rings is 1. The zero-order chi connectivity index (χ0) is 15.1. The summed E-state index contributed by atoms with van der Waals surface area (Å²) in [5.41, 5.74) is 0.556. The molecule has 1 aromatic rings. The first-order chi connectivity index (χ1) is 10.2. The monoisotopic (exact) mass is 291 g/mol. The minimum absolute atomic E-state index is 0.0184. The lowest BCUT2D eigenvalue weighted by Crippen LogP contribution is -2.52. The fraction of sp³-hybridized carbons (Fsp3) is 0.588. The van der Waals surface area contributed by atoms with Crippen molar-refractivity contribution < 1.29 is 14.6 Å². The molecule has 4 heteroatoms. The molecule has 0 saturated heterocycles. The lowest BCUT2D eigenvalue weighted by molar-refractivity contribution is -0.123. The number of carbonyl (C=O) groups excluding carboxylic acids is 1. The second-order valence-corrected chi connectivity index (χ2v) is 5.80. The molecular weight excluding hydrogens is 266 g/mol. The van der Waals surface area contributed by atoms with Crippen molar-refractivity contribution in [2.75, 3.05) is 13.2 Å². The minimum atomic E-state index is -0.402. The fourth-order valence-corrected chi connectivity index (χ4v) is 2.95. The zero-order valence-electron chi connectivity index (χ0n) is 12.7. The van der Waals surface area contributed by atoms with Gasteiger partial charge in [0.25, 0.3) is 0 Å². The van der Waals surface area contributed by atoms with Gasteiger partial charge in [-0.1, -0.05) is 31.4 Å². The van der Waals surface area contributed by atoms with Crippen LogP contribution in [-0.4, -0.2) is 29.8 Å². The van der Waals surface area contributed by atoms with Gasteiger partial charge in [-0.2, -0.15) is 0 Å². The lowest BCUT2D eigenvalue weighted by Gasteiger charge is -2.36. The molecular formula is C17H25NO3. The van der Waals surface area contributed by atoms with E-state index in [1.165, 1.54) is 6.42 Å². The fourth-order valence-electron chi connectivity index (χ4n) is 2.95. The Morgan fingerprint density at radius 3 is 2.48 bits per heavy atom. The first-order valence-electron chi connectivity index (χ1n) is 7.81. The molecule has 0 bridgehead atoms. The summed E-state index contributed by atoms with van der Waals surface area (Å²) in [4.78, 5) is 12.2. The van der Waals surface area contributed by atoms with Crippen LogP contribution < -0.4 is 10.1 Å². The Labute approximate surface area is 126 Å². The number of aliphatic hydroxyl groups is 1. The molecule has 1 aromatic carbocycles. The van der Waals surface area contributed by atoms with Crippen LogP contribution in [0.2, 0.25) is 0 Å². The standard InChI is InChI=1S/C17H25NO3/c1-2-21-15-8-6-14(7-9-15)12-16(20)18-17(13-19)10-4-3-5-11-17/h6-9,19H,2-5,10-13H2,1H3,(H,18,20). The highest BCUT2D eigenvalue weighted by molar-refractivity contribution is 5.79. The first-order valence-corrected chi connectivity index (χ1v) is 7.81. The molecule has 0 unspecified atom stereocenters. The summed E-state index contributed by atoms with van der Waals surface area (Å²) < 4.78 is 5.39. The van der Waals surface area contributed by atoms with Crippen LogP contribution in [0.5, 0.6) is 5.75 Å². The van der Waals surface area contributed by atoms with Crippen LogP contribution >= 0.6 is 0 Å². The number of aliphatic hydroxyl groups excluding tert-OH is 1. The zero-order valence-corrected chi connectivity index (χ0v) is 12.7. The van der Waals surface area contributed by atoms with Crippen molar-refractivity contribution in [1.82, 2.24) is 5.32 Å². The highest BCUT2D eigenvalue weighted by atomic mass is 16.5. The quantitative estimate of drug-likeness (QED) is 0.846. The van der Waals surface area contributed by atoms with E-state index in [-0.39, 0.29) is 12.5 Å². The van der Waals surface area contributed by atoms with E-state index in [4.69, 9.17) is 4.74 Å². The van der Waals surface area contributed by atoms with Gasteiger partial charge >= 0.3 is 0 Å². The summed E-state index contributed by atoms with van der Waals surface area (Å²) in [5, 5.41) is 12.7. The number of carbonyl (C=O) groups is 1. The van der Waals surface area contributed by atoms with Gasteiger partial charge < -0.3 is 15.2 Å². The highest BCUT2D eigenvalue weighted by Crippen LogP contribution is 2.27. The van der Waals surface area contributed by atoms with Crippen molar-refractivity contribution in [1.29, 1.82) is 0 Å². The first kappa shape index (κ1) is 15.8. The number of hydrogen-bond acceptors (Lipinski definition) is 3. The van der Waals surface area contributed by atoms with E-state index < -0.39 is 5.54 Å². The largest absolute Gasteiger partial charge is 0.494 e. The molecule has 0 aliphatic heterocycles. The third-order valence-electron chi connectivity index (χ3n) is 4.12.